The molecule has 0 fully saturated rings. The molecular weight excluding hydrogens is 416 g/mol. The number of hydrogen-bond donors (Lipinski definition) is 0. The van der Waals surface area contributed by atoms with Crippen LogP contribution in [0.4, 0.5) is 0 Å². The maximum Gasteiger partial charge on any atom is 0.204 e. The molecule has 4 rings (SSSR count). The number of ether oxygens (including phenoxy) is 1. The summed E-state index contributed by atoms with van der Waals surface area (Å²) in [5.74, 6) is 1.18. The molecule has 0 saturated carbocycles. The largest absolute Gasteiger partial charge is 0.457 e. The Kier molecular flexibility index (Phi) is 5.71. The molecule has 0 N–H and O–H groups in total. The first kappa shape index (κ1) is 20.3. The normalized spacial score (nSPS) is 11.1. The lowest BCUT2D eigenvalue weighted by Crippen LogP contribution is -2.06. The number of rotatable bonds is 6. The number of carbonyl (C=O) groups is 2. The number of Topliss-reactive ketones (excluding diaryl/α,β-unsaturated/α-hetero) is 1. The van der Waals surface area contributed by atoms with E-state index in [0.717, 1.165) is 10.1 Å². The van der Waals surface area contributed by atoms with E-state index in [0.29, 0.717) is 32.5 Å². The Labute approximate surface area is 183 Å². The zero-order valence-corrected chi connectivity index (χ0v) is 18.1. The number of hydrogen-bond acceptors (Lipinski definition) is 4. The minimum absolute atomic E-state index is 0.0451. The summed E-state index contributed by atoms with van der Waals surface area (Å²) in [4.78, 5) is 25.5. The topological polar surface area (TPSA) is 43.4 Å². The predicted octanol–water partition coefficient (Wildman–Crippen LogP) is 7.42. The van der Waals surface area contributed by atoms with E-state index in [4.69, 9.17) is 16.3 Å². The van der Waals surface area contributed by atoms with Crippen LogP contribution in [0.25, 0.3) is 10.1 Å². The maximum absolute atomic E-state index is 12.9. The van der Waals surface area contributed by atoms with Crippen molar-refractivity contribution in [3.8, 4) is 11.5 Å². The van der Waals surface area contributed by atoms with E-state index in [-0.39, 0.29) is 17.5 Å². The molecule has 0 unspecified atom stereocenters. The van der Waals surface area contributed by atoms with Gasteiger partial charge in [-0.25, -0.2) is 0 Å². The average Bonchev–Trinajstić information content (AvgIpc) is 3.10. The first-order valence-corrected chi connectivity index (χ1v) is 10.8. The van der Waals surface area contributed by atoms with E-state index in [1.165, 1.54) is 11.3 Å². The van der Waals surface area contributed by atoms with Crippen LogP contribution in [-0.4, -0.2) is 11.6 Å². The summed E-state index contributed by atoms with van der Waals surface area (Å²) < 4.78 is 6.83. The molecule has 0 aliphatic carbocycles. The monoisotopic (exact) mass is 434 g/mol. The SMILES string of the molecule is CC(C)C(=O)c1ccc(Oc2ccc(C(=O)c3sc4ccccc4c3Cl)cc2)cc1. The highest BCUT2D eigenvalue weighted by molar-refractivity contribution is 7.21. The second kappa shape index (κ2) is 8.42. The van der Waals surface area contributed by atoms with Gasteiger partial charge in [0, 0.05) is 27.1 Å². The van der Waals surface area contributed by atoms with Crippen molar-refractivity contribution in [2.24, 2.45) is 5.92 Å². The first-order valence-electron chi connectivity index (χ1n) is 9.58. The number of thiophene rings is 1. The number of carbonyl (C=O) groups excluding carboxylic acids is 2. The van der Waals surface area contributed by atoms with E-state index >= 15 is 0 Å². The molecule has 0 bridgehead atoms. The lowest BCUT2D eigenvalue weighted by atomic mass is 10.0. The Morgan fingerprint density at radius 2 is 1.40 bits per heavy atom. The van der Waals surface area contributed by atoms with Crippen molar-refractivity contribution in [2.45, 2.75) is 13.8 Å². The number of fused-ring (bicyclic) bond motifs is 1. The Bertz CT molecular complexity index is 1220. The standard InChI is InChI=1S/C25H19ClO3S/c1-15(2)23(27)16-7-11-18(12-8-16)29-19-13-9-17(10-14-19)24(28)25-22(26)20-5-3-4-6-21(20)30-25/h3-15H,1-2H3. The van der Waals surface area contributed by atoms with Crippen molar-refractivity contribution in [1.29, 1.82) is 0 Å². The Morgan fingerprint density at radius 1 is 0.833 bits per heavy atom. The number of halogens is 1. The van der Waals surface area contributed by atoms with Gasteiger partial charge in [-0.15, -0.1) is 11.3 Å². The summed E-state index contributed by atoms with van der Waals surface area (Å²) in [6, 6.07) is 21.7. The van der Waals surface area contributed by atoms with Crippen molar-refractivity contribution < 1.29 is 14.3 Å². The molecule has 4 aromatic rings. The Morgan fingerprint density at radius 3 is 1.97 bits per heavy atom. The zero-order valence-electron chi connectivity index (χ0n) is 16.5. The van der Waals surface area contributed by atoms with E-state index in [9.17, 15) is 9.59 Å². The molecule has 1 heterocycles. The van der Waals surface area contributed by atoms with Gasteiger partial charge in [-0.1, -0.05) is 43.6 Å². The number of ketones is 2. The minimum atomic E-state index is -0.107. The van der Waals surface area contributed by atoms with Gasteiger partial charge in [-0.3, -0.25) is 9.59 Å². The quantitative estimate of drug-likeness (QED) is 0.296. The van der Waals surface area contributed by atoms with Crippen LogP contribution < -0.4 is 4.74 Å². The Balaban J connectivity index is 1.50. The van der Waals surface area contributed by atoms with Gasteiger partial charge in [-0.2, -0.15) is 0 Å². The molecule has 0 radical (unpaired) electrons. The van der Waals surface area contributed by atoms with Crippen molar-refractivity contribution in [1.82, 2.24) is 0 Å². The summed E-state index contributed by atoms with van der Waals surface area (Å²) in [6.07, 6.45) is 0. The fourth-order valence-electron chi connectivity index (χ4n) is 3.12. The summed E-state index contributed by atoms with van der Waals surface area (Å²) in [6.45, 7) is 3.75. The summed E-state index contributed by atoms with van der Waals surface area (Å²) in [5, 5.41) is 1.39. The molecule has 5 heteroatoms. The highest BCUT2D eigenvalue weighted by Crippen LogP contribution is 2.36. The molecule has 0 atom stereocenters. The third-order valence-corrected chi connectivity index (χ3v) is 6.43. The van der Waals surface area contributed by atoms with Gasteiger partial charge in [-0.05, 0) is 54.6 Å². The lowest BCUT2D eigenvalue weighted by Gasteiger charge is -2.08. The average molecular weight is 435 g/mol. The van der Waals surface area contributed by atoms with Crippen LogP contribution >= 0.6 is 22.9 Å². The van der Waals surface area contributed by atoms with Crippen molar-refractivity contribution in [3.63, 3.8) is 0 Å². The second-order valence-electron chi connectivity index (χ2n) is 7.24. The molecule has 30 heavy (non-hydrogen) atoms. The molecule has 1 aromatic heterocycles. The summed E-state index contributed by atoms with van der Waals surface area (Å²) in [5.41, 5.74) is 1.21. The smallest absolute Gasteiger partial charge is 0.204 e. The summed E-state index contributed by atoms with van der Waals surface area (Å²) in [7, 11) is 0. The van der Waals surface area contributed by atoms with Crippen molar-refractivity contribution in [3.05, 3.63) is 93.8 Å². The third-order valence-electron chi connectivity index (χ3n) is 4.76. The molecule has 0 aliphatic heterocycles. The van der Waals surface area contributed by atoms with E-state index in [1.807, 2.05) is 38.1 Å². The summed E-state index contributed by atoms with van der Waals surface area (Å²) >= 11 is 7.83. The van der Waals surface area contributed by atoms with Crippen LogP contribution in [0.2, 0.25) is 5.02 Å². The van der Waals surface area contributed by atoms with Crippen LogP contribution in [-0.2, 0) is 0 Å². The van der Waals surface area contributed by atoms with Gasteiger partial charge in [0.2, 0.25) is 5.78 Å². The number of benzene rings is 3. The maximum atomic E-state index is 12.9. The van der Waals surface area contributed by atoms with E-state index < -0.39 is 0 Å². The molecule has 0 aliphatic rings. The van der Waals surface area contributed by atoms with Gasteiger partial charge in [0.05, 0.1) is 9.90 Å². The van der Waals surface area contributed by atoms with Crippen LogP contribution in [0.15, 0.2) is 72.8 Å². The lowest BCUT2D eigenvalue weighted by molar-refractivity contribution is 0.0939. The van der Waals surface area contributed by atoms with Crippen molar-refractivity contribution >= 4 is 44.6 Å². The highest BCUT2D eigenvalue weighted by Gasteiger charge is 2.18. The fourth-order valence-corrected chi connectivity index (χ4v) is 4.60. The van der Waals surface area contributed by atoms with Gasteiger partial charge in [0.15, 0.2) is 5.78 Å². The van der Waals surface area contributed by atoms with Crippen LogP contribution in [0.3, 0.4) is 0 Å². The molecule has 3 aromatic carbocycles. The second-order valence-corrected chi connectivity index (χ2v) is 8.67. The molecule has 150 valence electrons. The third kappa shape index (κ3) is 4.02. The molecule has 0 amide bonds. The van der Waals surface area contributed by atoms with E-state index in [2.05, 4.69) is 0 Å². The molecule has 0 spiro atoms. The highest BCUT2D eigenvalue weighted by atomic mass is 35.5. The van der Waals surface area contributed by atoms with E-state index in [1.54, 1.807) is 48.5 Å². The van der Waals surface area contributed by atoms with Crippen LogP contribution in [0.1, 0.15) is 39.4 Å². The molecule has 0 saturated heterocycles. The van der Waals surface area contributed by atoms with Crippen LogP contribution in [0.5, 0.6) is 11.5 Å². The van der Waals surface area contributed by atoms with Crippen molar-refractivity contribution in [2.75, 3.05) is 0 Å². The first-order chi connectivity index (χ1) is 14.4. The van der Waals surface area contributed by atoms with Crippen LogP contribution in [0, 0.1) is 5.92 Å². The predicted molar refractivity (Wildman–Crippen MR) is 122 cm³/mol. The molecular formula is C25H19ClO3S. The fraction of sp³-hybridized carbons (Fsp3) is 0.120. The van der Waals surface area contributed by atoms with Gasteiger partial charge in [0.1, 0.15) is 11.5 Å². The minimum Gasteiger partial charge on any atom is -0.457 e. The molecule has 3 nitrogen and oxygen atoms in total. The van der Waals surface area contributed by atoms with Gasteiger partial charge in [0.25, 0.3) is 0 Å². The Hall–Kier alpha value is -2.95. The zero-order chi connectivity index (χ0) is 21.3. The van der Waals surface area contributed by atoms with Gasteiger partial charge < -0.3 is 4.74 Å². The van der Waals surface area contributed by atoms with Gasteiger partial charge >= 0.3 is 0 Å².